The molecule has 1 aromatic carbocycles. The molecule has 2 N–H and O–H groups in total. The van der Waals surface area contributed by atoms with Crippen molar-refractivity contribution in [3.8, 4) is 0 Å². The van der Waals surface area contributed by atoms with Gasteiger partial charge in [0.1, 0.15) is 0 Å². The molecule has 4 heteroatoms. The molecule has 3 nitrogen and oxygen atoms in total. The van der Waals surface area contributed by atoms with Crippen molar-refractivity contribution in [2.45, 2.75) is 50.3 Å². The average molecular weight is 305 g/mol. The van der Waals surface area contributed by atoms with Gasteiger partial charge < -0.3 is 10.6 Å². The summed E-state index contributed by atoms with van der Waals surface area (Å²) in [7, 11) is 0. The summed E-state index contributed by atoms with van der Waals surface area (Å²) in [4.78, 5) is 5.87. The van der Waals surface area contributed by atoms with Gasteiger partial charge in [-0.25, -0.2) is 4.99 Å². The third kappa shape index (κ3) is 6.42. The van der Waals surface area contributed by atoms with E-state index in [9.17, 15) is 0 Å². The molecular weight excluding hydrogens is 278 g/mol. The lowest BCUT2D eigenvalue weighted by Crippen LogP contribution is -2.23. The maximum Gasteiger partial charge on any atom is 0.196 e. The van der Waals surface area contributed by atoms with Gasteiger partial charge in [-0.15, -0.1) is 11.8 Å². The third-order valence-corrected chi connectivity index (χ3v) is 4.65. The van der Waals surface area contributed by atoms with Crippen molar-refractivity contribution < 1.29 is 0 Å². The molecule has 1 heterocycles. The molecule has 1 saturated heterocycles. The number of rotatable bonds is 9. The highest BCUT2D eigenvalue weighted by molar-refractivity contribution is 7.99. The number of benzene rings is 1. The van der Waals surface area contributed by atoms with E-state index in [1.807, 2.05) is 11.8 Å². The van der Waals surface area contributed by atoms with E-state index in [2.05, 4.69) is 46.8 Å². The van der Waals surface area contributed by atoms with Crippen molar-refractivity contribution in [1.29, 1.82) is 0 Å². The summed E-state index contributed by atoms with van der Waals surface area (Å²) in [6.45, 7) is 4.19. The van der Waals surface area contributed by atoms with Gasteiger partial charge >= 0.3 is 0 Å². The van der Waals surface area contributed by atoms with E-state index in [0.29, 0.717) is 0 Å². The summed E-state index contributed by atoms with van der Waals surface area (Å²) in [6, 6.07) is 8.54. The van der Waals surface area contributed by atoms with Gasteiger partial charge in [-0.3, -0.25) is 0 Å². The fraction of sp³-hybridized carbons (Fsp3) is 0.588. The van der Waals surface area contributed by atoms with Gasteiger partial charge in [0.05, 0.1) is 5.69 Å². The molecule has 0 unspecified atom stereocenters. The van der Waals surface area contributed by atoms with Crippen LogP contribution in [0.1, 0.15) is 45.4 Å². The lowest BCUT2D eigenvalue weighted by atomic mass is 10.1. The van der Waals surface area contributed by atoms with Crippen molar-refractivity contribution in [2.75, 3.05) is 18.8 Å². The fourth-order valence-electron chi connectivity index (χ4n) is 2.32. The highest BCUT2D eigenvalue weighted by Crippen LogP contribution is 2.23. The van der Waals surface area contributed by atoms with Crippen LogP contribution in [0, 0.1) is 0 Å². The Morgan fingerprint density at radius 3 is 2.33 bits per heavy atom. The van der Waals surface area contributed by atoms with Crippen molar-refractivity contribution in [3.63, 3.8) is 0 Å². The maximum atomic E-state index is 4.52. The summed E-state index contributed by atoms with van der Waals surface area (Å²) in [6.07, 6.45) is 8.21. The van der Waals surface area contributed by atoms with E-state index < -0.39 is 0 Å². The Morgan fingerprint density at radius 2 is 1.62 bits per heavy atom. The van der Waals surface area contributed by atoms with Gasteiger partial charge in [-0.05, 0) is 36.4 Å². The molecule has 0 bridgehead atoms. The van der Waals surface area contributed by atoms with Crippen LogP contribution in [0.25, 0.3) is 0 Å². The van der Waals surface area contributed by atoms with Gasteiger partial charge in [0, 0.05) is 18.0 Å². The largest absolute Gasteiger partial charge is 0.354 e. The molecule has 1 aromatic rings. The Morgan fingerprint density at radius 1 is 0.952 bits per heavy atom. The summed E-state index contributed by atoms with van der Waals surface area (Å²) in [5, 5.41) is 6.43. The molecule has 0 aromatic heterocycles. The van der Waals surface area contributed by atoms with E-state index in [-0.39, 0.29) is 0 Å². The number of nitrogens with one attached hydrogen (secondary N) is 2. The molecule has 0 aliphatic carbocycles. The second kappa shape index (κ2) is 9.72. The predicted molar refractivity (Wildman–Crippen MR) is 93.6 cm³/mol. The number of guanidine groups is 1. The first-order chi connectivity index (χ1) is 10.4. The van der Waals surface area contributed by atoms with E-state index >= 15 is 0 Å². The van der Waals surface area contributed by atoms with Crippen molar-refractivity contribution in [3.05, 3.63) is 24.3 Å². The van der Waals surface area contributed by atoms with Gasteiger partial charge in [-0.1, -0.05) is 39.0 Å². The number of hydrogen-bond donors (Lipinski definition) is 2. The molecule has 1 aliphatic heterocycles. The minimum atomic E-state index is 0.891. The van der Waals surface area contributed by atoms with Gasteiger partial charge in [-0.2, -0.15) is 0 Å². The maximum absolute atomic E-state index is 4.52. The quantitative estimate of drug-likeness (QED) is 0.527. The van der Waals surface area contributed by atoms with Gasteiger partial charge in [0.25, 0.3) is 0 Å². The molecule has 1 fully saturated rings. The number of hydrogen-bond acceptors (Lipinski definition) is 2. The molecule has 0 saturated carbocycles. The Labute approximate surface area is 133 Å². The number of nitrogens with zero attached hydrogens (tertiary/aromatic N) is 1. The summed E-state index contributed by atoms with van der Waals surface area (Å²) in [5.74, 6) is 2.12. The Balaban J connectivity index is 1.64. The van der Waals surface area contributed by atoms with Crippen LogP contribution in [0.3, 0.4) is 0 Å². The fourth-order valence-corrected chi connectivity index (χ4v) is 3.23. The molecular formula is C17H27N3S. The highest BCUT2D eigenvalue weighted by Gasteiger charge is 2.04. The Kier molecular flexibility index (Phi) is 7.50. The summed E-state index contributed by atoms with van der Waals surface area (Å²) < 4.78 is 0. The van der Waals surface area contributed by atoms with Crippen LogP contribution < -0.4 is 10.6 Å². The van der Waals surface area contributed by atoms with Crippen LogP contribution in [0.15, 0.2) is 34.2 Å². The predicted octanol–water partition coefficient (Wildman–Crippen LogP) is 4.32. The normalized spacial score (nSPS) is 13.9. The van der Waals surface area contributed by atoms with Crippen molar-refractivity contribution >= 4 is 23.4 Å². The second-order valence-corrected chi connectivity index (χ2v) is 6.59. The van der Waals surface area contributed by atoms with Crippen LogP contribution in [-0.4, -0.2) is 24.8 Å². The van der Waals surface area contributed by atoms with Crippen LogP contribution in [0.2, 0.25) is 0 Å². The van der Waals surface area contributed by atoms with E-state index in [1.165, 1.54) is 49.2 Å². The lowest BCUT2D eigenvalue weighted by molar-refractivity contribution is 0.627. The SMILES string of the molecule is CCCCCCCCSc1ccc(N=C2NCCN2)cc1. The average Bonchev–Trinajstić information content (AvgIpc) is 3.01. The van der Waals surface area contributed by atoms with Gasteiger partial charge in [0.2, 0.25) is 0 Å². The van der Waals surface area contributed by atoms with E-state index in [1.54, 1.807) is 0 Å². The minimum absolute atomic E-state index is 0.891. The standard InChI is InChI=1S/C17H27N3S/c1-2-3-4-5-6-7-14-21-16-10-8-15(9-11-16)20-17-18-12-13-19-17/h8-11H,2-7,12-14H2,1H3,(H2,18,19,20). The smallest absolute Gasteiger partial charge is 0.196 e. The van der Waals surface area contributed by atoms with Crippen LogP contribution >= 0.6 is 11.8 Å². The molecule has 0 atom stereocenters. The second-order valence-electron chi connectivity index (χ2n) is 5.42. The van der Waals surface area contributed by atoms with Crippen LogP contribution in [0.4, 0.5) is 5.69 Å². The van der Waals surface area contributed by atoms with Crippen LogP contribution in [0.5, 0.6) is 0 Å². The van der Waals surface area contributed by atoms with E-state index in [4.69, 9.17) is 0 Å². The first-order valence-corrected chi connectivity index (χ1v) is 9.16. The Hall–Kier alpha value is -1.16. The van der Waals surface area contributed by atoms with Crippen LogP contribution in [-0.2, 0) is 0 Å². The first kappa shape index (κ1) is 16.2. The molecule has 116 valence electrons. The topological polar surface area (TPSA) is 36.4 Å². The molecule has 0 spiro atoms. The molecule has 0 radical (unpaired) electrons. The zero-order chi connectivity index (χ0) is 14.8. The minimum Gasteiger partial charge on any atom is -0.354 e. The number of thioether (sulfide) groups is 1. The molecule has 0 amide bonds. The first-order valence-electron chi connectivity index (χ1n) is 8.18. The lowest BCUT2D eigenvalue weighted by Gasteiger charge is -2.03. The summed E-state index contributed by atoms with van der Waals surface area (Å²) in [5.41, 5.74) is 1.01. The molecule has 21 heavy (non-hydrogen) atoms. The molecule has 1 aliphatic rings. The van der Waals surface area contributed by atoms with Crippen molar-refractivity contribution in [2.24, 2.45) is 4.99 Å². The molecule has 2 rings (SSSR count). The third-order valence-electron chi connectivity index (χ3n) is 3.55. The summed E-state index contributed by atoms with van der Waals surface area (Å²) >= 11 is 1.96. The van der Waals surface area contributed by atoms with E-state index in [0.717, 1.165) is 24.7 Å². The van der Waals surface area contributed by atoms with Gasteiger partial charge in [0.15, 0.2) is 5.96 Å². The Bertz CT molecular complexity index is 420. The zero-order valence-corrected chi connectivity index (χ0v) is 13.8. The zero-order valence-electron chi connectivity index (χ0n) is 13.0. The monoisotopic (exact) mass is 305 g/mol. The number of aliphatic imine (C=N–C) groups is 1. The van der Waals surface area contributed by atoms with Crippen molar-refractivity contribution in [1.82, 2.24) is 10.6 Å². The highest BCUT2D eigenvalue weighted by atomic mass is 32.2. The number of unbranched alkanes of at least 4 members (excludes halogenated alkanes) is 5.